The van der Waals surface area contributed by atoms with Crippen LogP contribution in [0.2, 0.25) is 0 Å². The molecule has 1 N–H and O–H groups in total. The fourth-order valence-corrected chi connectivity index (χ4v) is 3.77. The molecule has 5 heteroatoms. The summed E-state index contributed by atoms with van der Waals surface area (Å²) >= 11 is 0. The average molecular weight is 344 g/mol. The number of ether oxygens (including phenoxy) is 1. The highest BCUT2D eigenvalue weighted by Crippen LogP contribution is 2.26. The zero-order valence-corrected chi connectivity index (χ0v) is 15.2. The first-order valence-electron chi connectivity index (χ1n) is 9.26. The van der Waals surface area contributed by atoms with Crippen LogP contribution in [0, 0.1) is 11.8 Å². The summed E-state index contributed by atoms with van der Waals surface area (Å²) in [6.45, 7) is 3.36. The summed E-state index contributed by atoms with van der Waals surface area (Å²) in [7, 11) is 1.74. The number of nitrogens with one attached hydrogen (secondary N) is 1. The van der Waals surface area contributed by atoms with Gasteiger partial charge in [-0.3, -0.25) is 9.59 Å². The lowest BCUT2D eigenvalue weighted by atomic mass is 9.89. The molecule has 0 radical (unpaired) electrons. The molecule has 0 aromatic heterocycles. The molecule has 136 valence electrons. The second kappa shape index (κ2) is 8.00. The van der Waals surface area contributed by atoms with E-state index in [9.17, 15) is 9.59 Å². The molecule has 1 aromatic rings. The summed E-state index contributed by atoms with van der Waals surface area (Å²) in [5, 5.41) is 2.94. The molecule has 2 aliphatic rings. The van der Waals surface area contributed by atoms with Gasteiger partial charge >= 0.3 is 0 Å². The minimum Gasteiger partial charge on any atom is -0.374 e. The van der Waals surface area contributed by atoms with E-state index >= 15 is 0 Å². The van der Waals surface area contributed by atoms with Crippen LogP contribution < -0.4 is 5.32 Å². The third-order valence-electron chi connectivity index (χ3n) is 5.28. The molecule has 5 nitrogen and oxygen atoms in total. The van der Waals surface area contributed by atoms with Crippen molar-refractivity contribution in [2.75, 3.05) is 18.9 Å². The number of benzene rings is 1. The van der Waals surface area contributed by atoms with E-state index in [4.69, 9.17) is 4.74 Å². The van der Waals surface area contributed by atoms with Crippen molar-refractivity contribution < 1.29 is 14.3 Å². The fourth-order valence-electron chi connectivity index (χ4n) is 3.77. The van der Waals surface area contributed by atoms with Gasteiger partial charge in [0.05, 0.1) is 18.6 Å². The highest BCUT2D eigenvalue weighted by molar-refractivity contribution is 5.97. The number of anilines is 1. The van der Waals surface area contributed by atoms with Crippen molar-refractivity contribution in [3.63, 3.8) is 0 Å². The average Bonchev–Trinajstić information content (AvgIpc) is 2.93. The molecule has 0 unspecified atom stereocenters. The van der Waals surface area contributed by atoms with E-state index < -0.39 is 0 Å². The van der Waals surface area contributed by atoms with Crippen molar-refractivity contribution in [1.29, 1.82) is 0 Å². The van der Waals surface area contributed by atoms with Crippen LogP contribution in [0.5, 0.6) is 0 Å². The van der Waals surface area contributed by atoms with E-state index in [1.807, 2.05) is 24.3 Å². The predicted molar refractivity (Wildman–Crippen MR) is 97.0 cm³/mol. The lowest BCUT2D eigenvalue weighted by Crippen LogP contribution is -2.25. The fraction of sp³-hybridized carbons (Fsp3) is 0.600. The van der Waals surface area contributed by atoms with Crippen LogP contribution in [0.4, 0.5) is 5.69 Å². The minimum absolute atomic E-state index is 0.0315. The first-order valence-corrected chi connectivity index (χ1v) is 9.26. The van der Waals surface area contributed by atoms with Crippen LogP contribution in [0.15, 0.2) is 24.3 Å². The lowest BCUT2D eigenvalue weighted by molar-refractivity contribution is -0.127. The zero-order chi connectivity index (χ0) is 17.8. The highest BCUT2D eigenvalue weighted by Gasteiger charge is 2.32. The SMILES string of the molecule is C[C@@H]1CCC[C@H](OCc2cccc(NC(=O)[C@@H]3CC(=O)N(C)C3)c2)C1. The topological polar surface area (TPSA) is 58.6 Å². The van der Waals surface area contributed by atoms with Gasteiger partial charge in [-0.15, -0.1) is 0 Å². The van der Waals surface area contributed by atoms with E-state index in [1.54, 1.807) is 11.9 Å². The Kier molecular flexibility index (Phi) is 5.74. The Morgan fingerprint density at radius 1 is 1.36 bits per heavy atom. The maximum absolute atomic E-state index is 12.3. The summed E-state index contributed by atoms with van der Waals surface area (Å²) in [6.07, 6.45) is 5.48. The first kappa shape index (κ1) is 17.9. The zero-order valence-electron chi connectivity index (χ0n) is 15.2. The maximum atomic E-state index is 12.3. The van der Waals surface area contributed by atoms with Crippen molar-refractivity contribution in [2.24, 2.45) is 11.8 Å². The molecule has 1 aromatic carbocycles. The van der Waals surface area contributed by atoms with Gasteiger partial charge in [0.1, 0.15) is 0 Å². The van der Waals surface area contributed by atoms with E-state index in [1.165, 1.54) is 12.8 Å². The van der Waals surface area contributed by atoms with Gasteiger partial charge in [-0.25, -0.2) is 0 Å². The Morgan fingerprint density at radius 2 is 2.20 bits per heavy atom. The van der Waals surface area contributed by atoms with E-state index in [-0.39, 0.29) is 17.7 Å². The number of carbonyl (C=O) groups excluding carboxylic acids is 2. The minimum atomic E-state index is -0.263. The van der Waals surface area contributed by atoms with E-state index in [0.717, 1.165) is 30.0 Å². The molecule has 0 bridgehead atoms. The summed E-state index contributed by atoms with van der Waals surface area (Å²) in [5.41, 5.74) is 1.83. The van der Waals surface area contributed by atoms with Gasteiger partial charge in [-0.2, -0.15) is 0 Å². The molecule has 3 atom stereocenters. The van der Waals surface area contributed by atoms with Gasteiger partial charge in [0.25, 0.3) is 0 Å². The maximum Gasteiger partial charge on any atom is 0.229 e. The van der Waals surface area contributed by atoms with Crippen molar-refractivity contribution in [3.05, 3.63) is 29.8 Å². The number of likely N-dealkylation sites (tertiary alicyclic amines) is 1. The number of rotatable bonds is 5. The van der Waals surface area contributed by atoms with E-state index in [2.05, 4.69) is 12.2 Å². The number of amides is 2. The van der Waals surface area contributed by atoms with Gasteiger partial charge < -0.3 is 15.0 Å². The van der Waals surface area contributed by atoms with Crippen molar-refractivity contribution in [1.82, 2.24) is 4.90 Å². The van der Waals surface area contributed by atoms with E-state index in [0.29, 0.717) is 25.7 Å². The highest BCUT2D eigenvalue weighted by atomic mass is 16.5. The van der Waals surface area contributed by atoms with Gasteiger partial charge in [0.15, 0.2) is 0 Å². The van der Waals surface area contributed by atoms with Gasteiger partial charge in [-0.1, -0.05) is 31.9 Å². The molecular weight excluding hydrogens is 316 g/mol. The van der Waals surface area contributed by atoms with Crippen molar-refractivity contribution in [3.8, 4) is 0 Å². The molecule has 1 aliphatic heterocycles. The van der Waals surface area contributed by atoms with Crippen LogP contribution in [0.3, 0.4) is 0 Å². The molecule has 0 spiro atoms. The largest absolute Gasteiger partial charge is 0.374 e. The van der Waals surface area contributed by atoms with Crippen LogP contribution in [-0.2, 0) is 20.9 Å². The molecule has 1 saturated carbocycles. The standard InChI is InChI=1S/C20H28N2O3/c1-14-5-3-8-18(9-14)25-13-15-6-4-7-17(10-15)21-20(24)16-11-19(23)22(2)12-16/h4,6-7,10,14,16,18H,3,5,8-9,11-13H2,1-2H3,(H,21,24)/t14-,16-,18+/m1/s1. The van der Waals surface area contributed by atoms with Crippen LogP contribution in [0.1, 0.15) is 44.6 Å². The second-order valence-electron chi connectivity index (χ2n) is 7.57. The Bertz CT molecular complexity index is 631. The number of carbonyl (C=O) groups is 2. The van der Waals surface area contributed by atoms with Crippen molar-refractivity contribution in [2.45, 2.75) is 51.7 Å². The Balaban J connectivity index is 1.52. The van der Waals surface area contributed by atoms with Crippen molar-refractivity contribution >= 4 is 17.5 Å². The Morgan fingerprint density at radius 3 is 2.92 bits per heavy atom. The summed E-state index contributed by atoms with van der Waals surface area (Å²) in [5.74, 6) is 0.429. The Labute approximate surface area is 149 Å². The molecular formula is C20H28N2O3. The molecule has 3 rings (SSSR count). The molecule has 1 saturated heterocycles. The Hall–Kier alpha value is -1.88. The summed E-state index contributed by atoms with van der Waals surface area (Å²) in [4.78, 5) is 25.5. The number of hydrogen-bond donors (Lipinski definition) is 1. The predicted octanol–water partition coefficient (Wildman–Crippen LogP) is 3.20. The van der Waals surface area contributed by atoms with Crippen LogP contribution in [-0.4, -0.2) is 36.4 Å². The summed E-state index contributed by atoms with van der Waals surface area (Å²) in [6, 6.07) is 7.80. The number of nitrogens with zero attached hydrogens (tertiary/aromatic N) is 1. The molecule has 1 aliphatic carbocycles. The lowest BCUT2D eigenvalue weighted by Gasteiger charge is -2.26. The van der Waals surface area contributed by atoms with Gasteiger partial charge in [0, 0.05) is 25.7 Å². The van der Waals surface area contributed by atoms with Gasteiger partial charge in [-0.05, 0) is 36.5 Å². The normalized spacial score (nSPS) is 26.7. The monoisotopic (exact) mass is 344 g/mol. The quantitative estimate of drug-likeness (QED) is 0.892. The molecule has 2 amide bonds. The third kappa shape index (κ3) is 4.82. The molecule has 2 fully saturated rings. The smallest absolute Gasteiger partial charge is 0.229 e. The number of hydrogen-bond acceptors (Lipinski definition) is 3. The molecule has 25 heavy (non-hydrogen) atoms. The summed E-state index contributed by atoms with van der Waals surface area (Å²) < 4.78 is 6.06. The molecule has 1 heterocycles. The van der Waals surface area contributed by atoms with Crippen LogP contribution in [0.25, 0.3) is 0 Å². The second-order valence-corrected chi connectivity index (χ2v) is 7.57. The van der Waals surface area contributed by atoms with Gasteiger partial charge in [0.2, 0.25) is 11.8 Å². The first-order chi connectivity index (χ1) is 12.0. The van der Waals surface area contributed by atoms with Crippen LogP contribution >= 0.6 is 0 Å². The third-order valence-corrected chi connectivity index (χ3v) is 5.28.